The van der Waals surface area contributed by atoms with Gasteiger partial charge < -0.3 is 15.7 Å². The first-order valence-corrected chi connectivity index (χ1v) is 10.9. The normalized spacial score (nSPS) is 18.3. The van der Waals surface area contributed by atoms with Crippen molar-refractivity contribution in [1.29, 1.82) is 0 Å². The first-order chi connectivity index (χ1) is 15.5. The second kappa shape index (κ2) is 9.77. The summed E-state index contributed by atoms with van der Waals surface area (Å²) in [6.45, 7) is 1.07. The predicted molar refractivity (Wildman–Crippen MR) is 121 cm³/mol. The molecule has 4 rings (SSSR count). The van der Waals surface area contributed by atoms with Crippen LogP contribution in [-0.2, 0) is 0 Å². The Hall–Kier alpha value is -3.48. The molecule has 166 valence electrons. The number of halogens is 1. The van der Waals surface area contributed by atoms with E-state index in [9.17, 15) is 14.0 Å². The number of carbonyl (C=O) groups is 2. The summed E-state index contributed by atoms with van der Waals surface area (Å²) >= 11 is 0. The summed E-state index contributed by atoms with van der Waals surface area (Å²) in [4.78, 5) is 28.4. The number of carbonyl (C=O) groups excluding carboxylic acids is 1. The van der Waals surface area contributed by atoms with E-state index in [0.29, 0.717) is 41.7 Å². The van der Waals surface area contributed by atoms with Crippen LogP contribution < -0.4 is 10.6 Å². The molecule has 0 saturated heterocycles. The molecule has 3 N–H and O–H groups in total. The van der Waals surface area contributed by atoms with Gasteiger partial charge in [0.2, 0.25) is 0 Å². The molecule has 6 nitrogen and oxygen atoms in total. The molecule has 0 unspecified atom stereocenters. The van der Waals surface area contributed by atoms with E-state index < -0.39 is 6.09 Å². The maximum atomic E-state index is 13.3. The summed E-state index contributed by atoms with van der Waals surface area (Å²) in [7, 11) is 0. The third-order valence-electron chi connectivity index (χ3n) is 6.16. The minimum atomic E-state index is -0.982. The zero-order valence-electron chi connectivity index (χ0n) is 17.7. The lowest BCUT2D eigenvalue weighted by Gasteiger charge is -2.28. The molecule has 1 aromatic heterocycles. The van der Waals surface area contributed by atoms with Gasteiger partial charge in [-0.25, -0.2) is 14.2 Å². The van der Waals surface area contributed by atoms with Crippen LogP contribution >= 0.6 is 0 Å². The number of amides is 2. The molecule has 0 spiro atoms. The average molecular weight is 435 g/mol. The molecule has 1 saturated carbocycles. The van der Waals surface area contributed by atoms with E-state index in [1.54, 1.807) is 18.2 Å². The number of hydrogen-bond acceptors (Lipinski definition) is 3. The first-order valence-electron chi connectivity index (χ1n) is 10.9. The highest BCUT2D eigenvalue weighted by molar-refractivity contribution is 6.07. The van der Waals surface area contributed by atoms with Crippen LogP contribution in [0.5, 0.6) is 0 Å². The van der Waals surface area contributed by atoms with Crippen molar-refractivity contribution in [2.75, 3.05) is 13.1 Å². The van der Waals surface area contributed by atoms with Gasteiger partial charge in [-0.15, -0.1) is 0 Å². The SMILES string of the molecule is O=C(O)NC[C@H]1CC[C@H](CNC(=O)c2cc(-c3ccc(F)cc3)nc3ccccc23)CC1. The second-order valence-corrected chi connectivity index (χ2v) is 8.36. The van der Waals surface area contributed by atoms with Crippen LogP contribution in [0.2, 0.25) is 0 Å². The van der Waals surface area contributed by atoms with E-state index in [1.165, 1.54) is 12.1 Å². The molecule has 1 fully saturated rings. The molecule has 7 heteroatoms. The van der Waals surface area contributed by atoms with E-state index in [-0.39, 0.29) is 11.7 Å². The van der Waals surface area contributed by atoms with E-state index in [1.807, 2.05) is 24.3 Å². The molecule has 0 radical (unpaired) electrons. The van der Waals surface area contributed by atoms with Gasteiger partial charge in [0.1, 0.15) is 5.82 Å². The minimum absolute atomic E-state index is 0.151. The molecular formula is C25H26FN3O3. The number of rotatable bonds is 6. The maximum absolute atomic E-state index is 13.3. The topological polar surface area (TPSA) is 91.3 Å². The number of nitrogens with one attached hydrogen (secondary N) is 2. The standard InChI is InChI=1S/C25H26FN3O3/c26-19-11-9-18(10-12-19)23-13-21(20-3-1-2-4-22(20)29-23)24(30)27-14-16-5-7-17(8-6-16)15-28-25(31)32/h1-4,9-13,16-17,28H,5-8,14-15H2,(H,27,30)(H,31,32)/t16-,17-. The highest BCUT2D eigenvalue weighted by Crippen LogP contribution is 2.29. The second-order valence-electron chi connectivity index (χ2n) is 8.36. The van der Waals surface area contributed by atoms with Crippen molar-refractivity contribution in [1.82, 2.24) is 15.6 Å². The lowest BCUT2D eigenvalue weighted by atomic mass is 9.82. The van der Waals surface area contributed by atoms with Crippen LogP contribution in [0.15, 0.2) is 54.6 Å². The Kier molecular flexibility index (Phi) is 6.63. The van der Waals surface area contributed by atoms with Gasteiger partial charge in [0.15, 0.2) is 0 Å². The average Bonchev–Trinajstić information content (AvgIpc) is 2.81. The zero-order valence-corrected chi connectivity index (χ0v) is 17.7. The summed E-state index contributed by atoms with van der Waals surface area (Å²) in [6, 6.07) is 15.4. The summed E-state index contributed by atoms with van der Waals surface area (Å²) < 4.78 is 13.3. The van der Waals surface area contributed by atoms with Crippen molar-refractivity contribution in [2.24, 2.45) is 11.8 Å². The Morgan fingerprint density at radius 2 is 1.56 bits per heavy atom. The number of benzene rings is 2. The van der Waals surface area contributed by atoms with Crippen LogP contribution in [0.1, 0.15) is 36.0 Å². The zero-order chi connectivity index (χ0) is 22.5. The molecule has 0 bridgehead atoms. The van der Waals surface area contributed by atoms with E-state index in [0.717, 1.165) is 36.6 Å². The van der Waals surface area contributed by atoms with Crippen molar-refractivity contribution in [2.45, 2.75) is 25.7 Å². The summed E-state index contributed by atoms with van der Waals surface area (Å²) in [6.07, 6.45) is 2.85. The fourth-order valence-electron chi connectivity index (χ4n) is 4.34. The summed E-state index contributed by atoms with van der Waals surface area (Å²) in [5.74, 6) is 0.271. The Morgan fingerprint density at radius 1 is 0.938 bits per heavy atom. The highest BCUT2D eigenvalue weighted by atomic mass is 19.1. The van der Waals surface area contributed by atoms with Gasteiger partial charge in [0, 0.05) is 24.0 Å². The summed E-state index contributed by atoms with van der Waals surface area (Å²) in [5, 5.41) is 15.1. The molecule has 1 aliphatic rings. The lowest BCUT2D eigenvalue weighted by molar-refractivity contribution is 0.0942. The van der Waals surface area contributed by atoms with Gasteiger partial charge >= 0.3 is 6.09 Å². The van der Waals surface area contributed by atoms with Crippen LogP contribution in [0.25, 0.3) is 22.2 Å². The Labute approximate surface area is 185 Å². The molecule has 0 aliphatic heterocycles. The molecule has 3 aromatic rings. The third-order valence-corrected chi connectivity index (χ3v) is 6.16. The minimum Gasteiger partial charge on any atom is -0.465 e. The summed E-state index contributed by atoms with van der Waals surface area (Å²) in [5.41, 5.74) is 2.64. The Balaban J connectivity index is 1.45. The molecule has 1 aliphatic carbocycles. The number of nitrogens with zero attached hydrogens (tertiary/aromatic N) is 1. The van der Waals surface area contributed by atoms with Crippen molar-refractivity contribution in [3.05, 3.63) is 66.0 Å². The van der Waals surface area contributed by atoms with E-state index in [2.05, 4.69) is 15.6 Å². The quantitative estimate of drug-likeness (QED) is 0.516. The molecule has 2 amide bonds. The first kappa shape index (κ1) is 21.7. The largest absolute Gasteiger partial charge is 0.465 e. The third kappa shape index (κ3) is 5.22. The van der Waals surface area contributed by atoms with Crippen LogP contribution in [-0.4, -0.2) is 35.2 Å². The number of pyridine rings is 1. The number of hydrogen-bond donors (Lipinski definition) is 3. The monoisotopic (exact) mass is 435 g/mol. The van der Waals surface area contributed by atoms with Crippen molar-refractivity contribution in [3.63, 3.8) is 0 Å². The molecule has 0 atom stereocenters. The van der Waals surface area contributed by atoms with Gasteiger partial charge in [-0.1, -0.05) is 18.2 Å². The molecule has 32 heavy (non-hydrogen) atoms. The van der Waals surface area contributed by atoms with Crippen LogP contribution in [0, 0.1) is 17.7 Å². The number of fused-ring (bicyclic) bond motifs is 1. The van der Waals surface area contributed by atoms with Gasteiger partial charge in [-0.2, -0.15) is 0 Å². The van der Waals surface area contributed by atoms with Gasteiger partial charge in [0.25, 0.3) is 5.91 Å². The number of aromatic nitrogens is 1. The fraction of sp³-hybridized carbons (Fsp3) is 0.320. The highest BCUT2D eigenvalue weighted by Gasteiger charge is 2.22. The van der Waals surface area contributed by atoms with Crippen molar-refractivity contribution < 1.29 is 19.1 Å². The van der Waals surface area contributed by atoms with Crippen LogP contribution in [0.3, 0.4) is 0 Å². The molecule has 1 heterocycles. The van der Waals surface area contributed by atoms with Gasteiger partial charge in [-0.3, -0.25) is 4.79 Å². The van der Waals surface area contributed by atoms with Crippen LogP contribution in [0.4, 0.5) is 9.18 Å². The number of carboxylic acid groups (broad SMARTS) is 1. The van der Waals surface area contributed by atoms with Crippen molar-refractivity contribution >= 4 is 22.9 Å². The van der Waals surface area contributed by atoms with Crippen molar-refractivity contribution in [3.8, 4) is 11.3 Å². The lowest BCUT2D eigenvalue weighted by Crippen LogP contribution is -2.34. The predicted octanol–water partition coefficient (Wildman–Crippen LogP) is 4.84. The maximum Gasteiger partial charge on any atom is 0.404 e. The van der Waals surface area contributed by atoms with Gasteiger partial charge in [-0.05, 0) is 73.9 Å². The molecular weight excluding hydrogens is 409 g/mol. The van der Waals surface area contributed by atoms with Gasteiger partial charge in [0.05, 0.1) is 16.8 Å². The Morgan fingerprint density at radius 3 is 2.22 bits per heavy atom. The fourth-order valence-corrected chi connectivity index (χ4v) is 4.34. The molecule has 2 aromatic carbocycles. The Bertz CT molecular complexity index is 1110. The number of para-hydroxylation sites is 1. The smallest absolute Gasteiger partial charge is 0.404 e. The van der Waals surface area contributed by atoms with E-state index >= 15 is 0 Å². The van der Waals surface area contributed by atoms with E-state index in [4.69, 9.17) is 5.11 Å².